The molecule has 7 heteroatoms. The van der Waals surface area contributed by atoms with Crippen LogP contribution in [-0.2, 0) is 11.2 Å². The van der Waals surface area contributed by atoms with E-state index in [0.29, 0.717) is 11.5 Å². The molecule has 3 rings (SSSR count). The third-order valence-electron chi connectivity index (χ3n) is 4.01. The number of furan rings is 1. The zero-order valence-corrected chi connectivity index (χ0v) is 13.8. The van der Waals surface area contributed by atoms with Gasteiger partial charge in [0, 0.05) is 12.1 Å². The molecule has 25 heavy (non-hydrogen) atoms. The van der Waals surface area contributed by atoms with Crippen LogP contribution in [0.1, 0.15) is 28.6 Å². The summed E-state index contributed by atoms with van der Waals surface area (Å²) in [6, 6.07) is 7.68. The standard InChI is InChI=1S/C18H16N2O5/c1-3-20-16(21)14(19-18(20)24)9-12-5-7-15(25-12)13-6-4-11(17(22)23)8-10(13)2/h4-8H,3,9H2,1-2H3,(H,22,23). The van der Waals surface area contributed by atoms with Crippen LogP contribution in [0.5, 0.6) is 0 Å². The van der Waals surface area contributed by atoms with E-state index >= 15 is 0 Å². The van der Waals surface area contributed by atoms with Crippen molar-refractivity contribution in [3.63, 3.8) is 0 Å². The van der Waals surface area contributed by atoms with E-state index in [9.17, 15) is 14.4 Å². The van der Waals surface area contributed by atoms with Gasteiger partial charge in [-0.25, -0.2) is 9.59 Å². The molecule has 7 nitrogen and oxygen atoms in total. The summed E-state index contributed by atoms with van der Waals surface area (Å²) in [5.41, 5.74) is 1.90. The van der Waals surface area contributed by atoms with Crippen molar-refractivity contribution < 1.29 is 23.9 Å². The van der Waals surface area contributed by atoms with E-state index in [1.165, 1.54) is 6.07 Å². The Morgan fingerprint density at radius 1 is 1.24 bits per heavy atom. The van der Waals surface area contributed by atoms with Gasteiger partial charge in [-0.15, -0.1) is 0 Å². The number of aryl methyl sites for hydroxylation is 1. The fourth-order valence-corrected chi connectivity index (χ4v) is 2.72. The Hall–Kier alpha value is -3.22. The van der Waals surface area contributed by atoms with Crippen molar-refractivity contribution in [1.82, 2.24) is 4.90 Å². The van der Waals surface area contributed by atoms with Crippen LogP contribution in [0.2, 0.25) is 0 Å². The molecule has 3 amide bonds. The molecular weight excluding hydrogens is 324 g/mol. The zero-order valence-electron chi connectivity index (χ0n) is 13.8. The number of nitrogens with zero attached hydrogens (tertiary/aromatic N) is 2. The van der Waals surface area contributed by atoms with E-state index in [4.69, 9.17) is 9.52 Å². The fraction of sp³-hybridized carbons (Fsp3) is 0.222. The van der Waals surface area contributed by atoms with Crippen molar-refractivity contribution in [1.29, 1.82) is 0 Å². The Morgan fingerprint density at radius 3 is 2.60 bits per heavy atom. The van der Waals surface area contributed by atoms with Gasteiger partial charge in [0.05, 0.1) is 12.0 Å². The van der Waals surface area contributed by atoms with Crippen LogP contribution >= 0.6 is 0 Å². The topological polar surface area (TPSA) is 100 Å². The molecule has 0 saturated heterocycles. The Kier molecular flexibility index (Phi) is 4.22. The van der Waals surface area contributed by atoms with Gasteiger partial charge in [-0.1, -0.05) is 6.07 Å². The third-order valence-corrected chi connectivity index (χ3v) is 4.01. The summed E-state index contributed by atoms with van der Waals surface area (Å²) < 4.78 is 5.75. The molecule has 1 aromatic carbocycles. The average Bonchev–Trinajstić information content (AvgIpc) is 3.12. The number of carbonyl (C=O) groups is 3. The molecule has 2 aromatic rings. The van der Waals surface area contributed by atoms with E-state index in [-0.39, 0.29) is 24.2 Å². The zero-order chi connectivity index (χ0) is 18.1. The van der Waals surface area contributed by atoms with Gasteiger partial charge in [-0.2, -0.15) is 4.99 Å². The van der Waals surface area contributed by atoms with Gasteiger partial charge < -0.3 is 9.52 Å². The van der Waals surface area contributed by atoms with Gasteiger partial charge in [0.1, 0.15) is 17.2 Å². The van der Waals surface area contributed by atoms with Crippen molar-refractivity contribution in [3.05, 3.63) is 47.2 Å². The molecule has 0 atom stereocenters. The van der Waals surface area contributed by atoms with E-state index < -0.39 is 17.9 Å². The highest BCUT2D eigenvalue weighted by Gasteiger charge is 2.32. The van der Waals surface area contributed by atoms with Crippen molar-refractivity contribution >= 4 is 23.6 Å². The van der Waals surface area contributed by atoms with Crippen LogP contribution in [0.4, 0.5) is 4.79 Å². The Balaban J connectivity index is 1.82. The lowest BCUT2D eigenvalue weighted by Crippen LogP contribution is -2.32. The van der Waals surface area contributed by atoms with Crippen molar-refractivity contribution in [2.45, 2.75) is 20.3 Å². The molecule has 1 aromatic heterocycles. The number of carboxylic acids is 1. The lowest BCUT2D eigenvalue weighted by Gasteiger charge is -2.08. The lowest BCUT2D eigenvalue weighted by atomic mass is 10.0. The first kappa shape index (κ1) is 16.6. The van der Waals surface area contributed by atoms with E-state index in [0.717, 1.165) is 16.0 Å². The minimum atomic E-state index is -0.988. The van der Waals surface area contributed by atoms with Crippen molar-refractivity contribution in [3.8, 4) is 11.3 Å². The fourth-order valence-electron chi connectivity index (χ4n) is 2.72. The number of carboxylic acid groups (broad SMARTS) is 1. The van der Waals surface area contributed by atoms with Gasteiger partial charge in [0.2, 0.25) is 0 Å². The monoisotopic (exact) mass is 340 g/mol. The molecule has 0 unspecified atom stereocenters. The third kappa shape index (κ3) is 3.08. The van der Waals surface area contributed by atoms with Crippen LogP contribution < -0.4 is 0 Å². The quantitative estimate of drug-likeness (QED) is 0.902. The van der Waals surface area contributed by atoms with Gasteiger partial charge in [-0.05, 0) is 43.7 Å². The Bertz CT molecular complexity index is 910. The van der Waals surface area contributed by atoms with Gasteiger partial charge in [-0.3, -0.25) is 9.69 Å². The second-order valence-electron chi connectivity index (χ2n) is 5.67. The second-order valence-corrected chi connectivity index (χ2v) is 5.67. The summed E-state index contributed by atoms with van der Waals surface area (Å²) >= 11 is 0. The van der Waals surface area contributed by atoms with Crippen molar-refractivity contribution in [2.24, 2.45) is 4.99 Å². The Morgan fingerprint density at radius 2 is 2.00 bits per heavy atom. The molecule has 0 bridgehead atoms. The highest BCUT2D eigenvalue weighted by atomic mass is 16.4. The smallest absolute Gasteiger partial charge is 0.350 e. The molecular formula is C18H16N2O5. The first-order valence-electron chi connectivity index (χ1n) is 7.77. The maximum absolute atomic E-state index is 12.1. The molecule has 1 aliphatic rings. The SMILES string of the molecule is CCN1C(=O)N=C(Cc2ccc(-c3ccc(C(=O)O)cc3C)o2)C1=O. The molecule has 0 fully saturated rings. The van der Waals surface area contributed by atoms with Crippen LogP contribution in [0.3, 0.4) is 0 Å². The number of hydrogen-bond acceptors (Lipinski definition) is 4. The normalized spacial score (nSPS) is 14.2. The van der Waals surface area contributed by atoms with Crippen LogP contribution in [0.15, 0.2) is 39.7 Å². The van der Waals surface area contributed by atoms with E-state index in [1.54, 1.807) is 38.1 Å². The number of amides is 3. The average molecular weight is 340 g/mol. The first-order chi connectivity index (χ1) is 11.9. The molecule has 128 valence electrons. The second kappa shape index (κ2) is 6.35. The largest absolute Gasteiger partial charge is 0.478 e. The Labute approximate surface area is 143 Å². The minimum Gasteiger partial charge on any atom is -0.478 e. The summed E-state index contributed by atoms with van der Waals surface area (Å²) in [7, 11) is 0. The van der Waals surface area contributed by atoms with Gasteiger partial charge in [0.25, 0.3) is 5.91 Å². The lowest BCUT2D eigenvalue weighted by molar-refractivity contribution is -0.120. The maximum Gasteiger partial charge on any atom is 0.350 e. The summed E-state index contributed by atoms with van der Waals surface area (Å²) in [5.74, 6) is -0.311. The minimum absolute atomic E-state index is 0.132. The number of aromatic carboxylic acids is 1. The predicted molar refractivity (Wildman–Crippen MR) is 89.8 cm³/mol. The van der Waals surface area contributed by atoms with Gasteiger partial charge >= 0.3 is 12.0 Å². The highest BCUT2D eigenvalue weighted by molar-refractivity contribution is 6.46. The summed E-state index contributed by atoms with van der Waals surface area (Å²) in [5, 5.41) is 9.02. The molecule has 1 aliphatic heterocycles. The molecule has 0 radical (unpaired) electrons. The maximum atomic E-state index is 12.1. The molecule has 0 aliphatic carbocycles. The predicted octanol–water partition coefficient (Wildman–Crippen LogP) is 2.92. The number of carbonyl (C=O) groups excluding carboxylic acids is 2. The van der Waals surface area contributed by atoms with Crippen LogP contribution in [0.25, 0.3) is 11.3 Å². The summed E-state index contributed by atoms with van der Waals surface area (Å²) in [6.45, 7) is 3.79. The van der Waals surface area contributed by atoms with Crippen LogP contribution in [-0.4, -0.2) is 40.2 Å². The number of imide groups is 1. The van der Waals surface area contributed by atoms with E-state index in [1.807, 2.05) is 0 Å². The number of rotatable bonds is 5. The number of hydrogen-bond donors (Lipinski definition) is 1. The molecule has 0 spiro atoms. The molecule has 2 heterocycles. The molecule has 0 saturated carbocycles. The number of benzene rings is 1. The van der Waals surface area contributed by atoms with Crippen LogP contribution in [0, 0.1) is 6.92 Å². The summed E-state index contributed by atoms with van der Waals surface area (Å²) in [6.07, 6.45) is 0.132. The summed E-state index contributed by atoms with van der Waals surface area (Å²) in [4.78, 5) is 39.5. The first-order valence-corrected chi connectivity index (χ1v) is 7.77. The molecule has 1 N–H and O–H groups in total. The number of urea groups is 1. The van der Waals surface area contributed by atoms with E-state index in [2.05, 4.69) is 4.99 Å². The van der Waals surface area contributed by atoms with Crippen molar-refractivity contribution in [2.75, 3.05) is 6.54 Å². The number of aliphatic imine (C=N–C) groups is 1. The highest BCUT2D eigenvalue weighted by Crippen LogP contribution is 2.27. The van der Waals surface area contributed by atoms with Gasteiger partial charge in [0.15, 0.2) is 0 Å².